The predicted octanol–water partition coefficient (Wildman–Crippen LogP) is 2.84. The largest absolute Gasteiger partial charge is 0.396 e. The first-order valence-corrected chi connectivity index (χ1v) is 6.04. The molecule has 1 rings (SSSR count). The maximum absolute atomic E-state index is 12.9. The molecule has 0 aromatic heterocycles. The SMILES string of the molecule is CC(C)(CCO)NCc1ccc(F)cc1Br. The molecule has 0 saturated heterocycles. The molecule has 2 nitrogen and oxygen atoms in total. The molecule has 0 aliphatic rings. The summed E-state index contributed by atoms with van der Waals surface area (Å²) in [6.07, 6.45) is 0.686. The van der Waals surface area contributed by atoms with Crippen molar-refractivity contribution < 1.29 is 9.50 Å². The van der Waals surface area contributed by atoms with E-state index >= 15 is 0 Å². The summed E-state index contributed by atoms with van der Waals surface area (Å²) in [6.45, 7) is 4.86. The van der Waals surface area contributed by atoms with Gasteiger partial charge in [-0.3, -0.25) is 0 Å². The van der Waals surface area contributed by atoms with Gasteiger partial charge in [0.05, 0.1) is 0 Å². The van der Waals surface area contributed by atoms with Crippen LogP contribution in [-0.2, 0) is 6.54 Å². The van der Waals surface area contributed by atoms with Gasteiger partial charge in [0, 0.05) is 23.2 Å². The molecule has 0 radical (unpaired) electrons. The first kappa shape index (κ1) is 13.6. The zero-order valence-electron chi connectivity index (χ0n) is 9.56. The average Bonchev–Trinajstić information content (AvgIpc) is 2.16. The number of nitrogens with one attached hydrogen (secondary N) is 1. The lowest BCUT2D eigenvalue weighted by molar-refractivity contribution is 0.230. The molecule has 4 heteroatoms. The van der Waals surface area contributed by atoms with Crippen LogP contribution in [0.2, 0.25) is 0 Å². The molecule has 0 bridgehead atoms. The molecule has 0 aliphatic carbocycles. The third-order valence-corrected chi connectivity index (χ3v) is 3.25. The van der Waals surface area contributed by atoms with Crippen LogP contribution in [0.1, 0.15) is 25.8 Å². The number of benzene rings is 1. The second-order valence-corrected chi connectivity index (χ2v) is 5.30. The fourth-order valence-electron chi connectivity index (χ4n) is 1.37. The van der Waals surface area contributed by atoms with Gasteiger partial charge in [-0.1, -0.05) is 22.0 Å². The molecular weight excluding hydrogens is 273 g/mol. The van der Waals surface area contributed by atoms with Gasteiger partial charge in [0.1, 0.15) is 5.82 Å². The van der Waals surface area contributed by atoms with E-state index in [4.69, 9.17) is 5.11 Å². The van der Waals surface area contributed by atoms with Gasteiger partial charge in [0.2, 0.25) is 0 Å². The highest BCUT2D eigenvalue weighted by Crippen LogP contribution is 2.19. The lowest BCUT2D eigenvalue weighted by Crippen LogP contribution is -2.39. The van der Waals surface area contributed by atoms with Crippen LogP contribution in [0, 0.1) is 5.82 Å². The van der Waals surface area contributed by atoms with E-state index in [1.54, 1.807) is 6.07 Å². The van der Waals surface area contributed by atoms with E-state index in [-0.39, 0.29) is 18.0 Å². The number of hydrogen-bond donors (Lipinski definition) is 2. The van der Waals surface area contributed by atoms with Gasteiger partial charge in [-0.15, -0.1) is 0 Å². The van der Waals surface area contributed by atoms with Crippen molar-refractivity contribution >= 4 is 15.9 Å². The Bertz CT molecular complexity index is 355. The molecule has 0 fully saturated rings. The summed E-state index contributed by atoms with van der Waals surface area (Å²) in [6, 6.07) is 4.65. The van der Waals surface area contributed by atoms with Crippen LogP contribution in [0.4, 0.5) is 4.39 Å². The lowest BCUT2D eigenvalue weighted by Gasteiger charge is -2.25. The highest BCUT2D eigenvalue weighted by atomic mass is 79.9. The fraction of sp³-hybridized carbons (Fsp3) is 0.500. The van der Waals surface area contributed by atoms with Crippen molar-refractivity contribution in [2.45, 2.75) is 32.4 Å². The Labute approximate surface area is 104 Å². The van der Waals surface area contributed by atoms with Crippen LogP contribution in [0.15, 0.2) is 22.7 Å². The predicted molar refractivity (Wildman–Crippen MR) is 66.7 cm³/mol. The summed E-state index contributed by atoms with van der Waals surface area (Å²) in [5.41, 5.74) is 0.884. The molecule has 0 unspecified atom stereocenters. The number of halogens is 2. The van der Waals surface area contributed by atoms with Crippen molar-refractivity contribution in [2.24, 2.45) is 0 Å². The minimum absolute atomic E-state index is 0.122. The van der Waals surface area contributed by atoms with E-state index < -0.39 is 0 Å². The molecule has 0 aliphatic heterocycles. The Balaban J connectivity index is 2.61. The van der Waals surface area contributed by atoms with E-state index in [0.29, 0.717) is 13.0 Å². The van der Waals surface area contributed by atoms with Crippen LogP contribution in [0.25, 0.3) is 0 Å². The van der Waals surface area contributed by atoms with Gasteiger partial charge in [-0.25, -0.2) is 4.39 Å². The van der Waals surface area contributed by atoms with E-state index in [1.807, 2.05) is 13.8 Å². The molecule has 2 N–H and O–H groups in total. The first-order valence-electron chi connectivity index (χ1n) is 5.24. The summed E-state index contributed by atoms with van der Waals surface area (Å²) in [5, 5.41) is 12.2. The van der Waals surface area contributed by atoms with Crippen molar-refractivity contribution in [3.63, 3.8) is 0 Å². The molecule has 90 valence electrons. The Morgan fingerprint density at radius 2 is 2.12 bits per heavy atom. The van der Waals surface area contributed by atoms with Gasteiger partial charge in [-0.2, -0.15) is 0 Å². The van der Waals surface area contributed by atoms with E-state index in [2.05, 4.69) is 21.2 Å². The second-order valence-electron chi connectivity index (χ2n) is 4.45. The zero-order valence-corrected chi connectivity index (χ0v) is 11.1. The van der Waals surface area contributed by atoms with Gasteiger partial charge in [0.25, 0.3) is 0 Å². The molecule has 0 saturated carbocycles. The average molecular weight is 290 g/mol. The number of aliphatic hydroxyl groups is 1. The molecule has 1 aromatic carbocycles. The van der Waals surface area contributed by atoms with Gasteiger partial charge in [-0.05, 0) is 38.0 Å². The Kier molecular flexibility index (Phi) is 4.89. The third-order valence-electron chi connectivity index (χ3n) is 2.51. The van der Waals surface area contributed by atoms with Crippen molar-refractivity contribution in [2.75, 3.05) is 6.61 Å². The van der Waals surface area contributed by atoms with Crippen LogP contribution < -0.4 is 5.32 Å². The molecule has 16 heavy (non-hydrogen) atoms. The van der Waals surface area contributed by atoms with Crippen molar-refractivity contribution in [1.29, 1.82) is 0 Å². The summed E-state index contributed by atoms with van der Waals surface area (Å²) in [7, 11) is 0. The van der Waals surface area contributed by atoms with Crippen molar-refractivity contribution in [3.8, 4) is 0 Å². The Morgan fingerprint density at radius 3 is 2.69 bits per heavy atom. The minimum atomic E-state index is -0.245. The highest BCUT2D eigenvalue weighted by Gasteiger charge is 2.16. The number of aliphatic hydroxyl groups excluding tert-OH is 1. The molecule has 1 aromatic rings. The standard InChI is InChI=1S/C12H17BrFNO/c1-12(2,5-6-16)15-8-9-3-4-10(14)7-11(9)13/h3-4,7,15-16H,5-6,8H2,1-2H3. The highest BCUT2D eigenvalue weighted by molar-refractivity contribution is 9.10. The van der Waals surface area contributed by atoms with Gasteiger partial charge >= 0.3 is 0 Å². The zero-order chi connectivity index (χ0) is 12.2. The maximum atomic E-state index is 12.9. The smallest absolute Gasteiger partial charge is 0.124 e. The van der Waals surface area contributed by atoms with Crippen LogP contribution in [-0.4, -0.2) is 17.3 Å². The summed E-state index contributed by atoms with van der Waals surface area (Å²) in [4.78, 5) is 0. The van der Waals surface area contributed by atoms with Crippen molar-refractivity contribution in [3.05, 3.63) is 34.1 Å². The molecule has 0 spiro atoms. The molecular formula is C12H17BrFNO. The van der Waals surface area contributed by atoms with Crippen LogP contribution in [0.3, 0.4) is 0 Å². The van der Waals surface area contributed by atoms with E-state index in [0.717, 1.165) is 10.0 Å². The summed E-state index contributed by atoms with van der Waals surface area (Å²) >= 11 is 3.32. The second kappa shape index (κ2) is 5.75. The Hall–Kier alpha value is -0.450. The molecule has 0 atom stereocenters. The lowest BCUT2D eigenvalue weighted by atomic mass is 10.0. The molecule has 0 heterocycles. The Morgan fingerprint density at radius 1 is 1.44 bits per heavy atom. The number of rotatable bonds is 5. The van der Waals surface area contributed by atoms with Crippen LogP contribution in [0.5, 0.6) is 0 Å². The first-order chi connectivity index (χ1) is 7.44. The quantitative estimate of drug-likeness (QED) is 0.874. The normalized spacial score (nSPS) is 11.8. The third kappa shape index (κ3) is 4.20. The summed E-state index contributed by atoms with van der Waals surface area (Å²) < 4.78 is 13.6. The van der Waals surface area contributed by atoms with Gasteiger partial charge < -0.3 is 10.4 Å². The number of hydrogen-bond acceptors (Lipinski definition) is 2. The van der Waals surface area contributed by atoms with E-state index in [1.165, 1.54) is 12.1 Å². The fourth-order valence-corrected chi connectivity index (χ4v) is 1.86. The molecule has 0 amide bonds. The summed E-state index contributed by atoms with van der Waals surface area (Å²) in [5.74, 6) is -0.245. The van der Waals surface area contributed by atoms with Crippen LogP contribution >= 0.6 is 15.9 Å². The van der Waals surface area contributed by atoms with Crippen molar-refractivity contribution in [1.82, 2.24) is 5.32 Å². The monoisotopic (exact) mass is 289 g/mol. The topological polar surface area (TPSA) is 32.3 Å². The van der Waals surface area contributed by atoms with Gasteiger partial charge in [0.15, 0.2) is 0 Å². The minimum Gasteiger partial charge on any atom is -0.396 e. The maximum Gasteiger partial charge on any atom is 0.124 e. The van der Waals surface area contributed by atoms with E-state index in [9.17, 15) is 4.39 Å².